The van der Waals surface area contributed by atoms with E-state index in [1.165, 1.54) is 31.2 Å². The van der Waals surface area contributed by atoms with Crippen molar-refractivity contribution in [2.24, 2.45) is 0 Å². The minimum Gasteiger partial charge on any atom is -0.497 e. The van der Waals surface area contributed by atoms with Gasteiger partial charge in [-0.05, 0) is 62.2 Å². The summed E-state index contributed by atoms with van der Waals surface area (Å²) in [4.78, 5) is 28.1. The van der Waals surface area contributed by atoms with Crippen molar-refractivity contribution >= 4 is 27.5 Å². The average Bonchev–Trinajstić information content (AvgIpc) is 2.92. The Morgan fingerprint density at radius 2 is 1.45 bits per heavy atom. The Bertz CT molecular complexity index is 1340. The van der Waals surface area contributed by atoms with Gasteiger partial charge in [-0.2, -0.15) is 0 Å². The first kappa shape index (κ1) is 28.7. The number of anilines is 1. The van der Waals surface area contributed by atoms with Crippen LogP contribution in [0.3, 0.4) is 0 Å². The number of nitrogens with one attached hydrogen (secondary N) is 1. The molecule has 1 N–H and O–H groups in total. The third kappa shape index (κ3) is 6.72. The molecule has 0 radical (unpaired) electrons. The lowest BCUT2D eigenvalue weighted by Crippen LogP contribution is -2.51. The van der Waals surface area contributed by atoms with Gasteiger partial charge in [0.15, 0.2) is 0 Å². The van der Waals surface area contributed by atoms with E-state index in [9.17, 15) is 18.0 Å². The predicted octanol–water partition coefficient (Wildman–Crippen LogP) is 4.06. The van der Waals surface area contributed by atoms with Gasteiger partial charge >= 0.3 is 0 Å². The lowest BCUT2D eigenvalue weighted by Gasteiger charge is -2.33. The monoisotopic (exact) mass is 537 g/mol. The molecule has 2 amide bonds. The van der Waals surface area contributed by atoms with Crippen LogP contribution in [0, 0.1) is 13.8 Å². The third-order valence-electron chi connectivity index (χ3n) is 6.35. The number of likely N-dealkylation sites (N-methyl/N-ethyl adjacent to an activating group) is 1. The van der Waals surface area contributed by atoms with Crippen LogP contribution in [0.15, 0.2) is 77.7 Å². The summed E-state index contributed by atoms with van der Waals surface area (Å²) in [6, 6.07) is 19.8. The molecule has 0 saturated heterocycles. The SMILES string of the molecule is CC[C@@H](C(=O)NC)N(Cc1ccc(C)cc1)C(=O)CN(c1ccc(C)cc1)S(=O)(=O)c1ccc(OC)cc1. The fraction of sp³-hybridized carbons (Fsp3) is 0.310. The molecule has 0 aliphatic carbocycles. The number of hydrogen-bond donors (Lipinski definition) is 1. The van der Waals surface area contributed by atoms with Crippen LogP contribution in [-0.4, -0.2) is 51.9 Å². The number of nitrogens with zero attached hydrogens (tertiary/aromatic N) is 2. The molecule has 3 rings (SSSR count). The maximum absolute atomic E-state index is 13.9. The molecule has 0 unspecified atom stereocenters. The molecule has 0 aromatic heterocycles. The number of amides is 2. The molecule has 0 bridgehead atoms. The van der Waals surface area contributed by atoms with Crippen LogP contribution < -0.4 is 14.4 Å². The molecular formula is C29H35N3O5S. The van der Waals surface area contributed by atoms with Crippen molar-refractivity contribution in [1.82, 2.24) is 10.2 Å². The Morgan fingerprint density at radius 3 is 1.95 bits per heavy atom. The Balaban J connectivity index is 2.04. The molecule has 202 valence electrons. The highest BCUT2D eigenvalue weighted by molar-refractivity contribution is 7.92. The minimum absolute atomic E-state index is 0.0232. The Morgan fingerprint density at radius 1 is 0.895 bits per heavy atom. The lowest BCUT2D eigenvalue weighted by atomic mass is 10.1. The van der Waals surface area contributed by atoms with E-state index in [1.807, 2.05) is 45.0 Å². The molecule has 3 aromatic carbocycles. The van der Waals surface area contributed by atoms with E-state index in [0.29, 0.717) is 17.9 Å². The van der Waals surface area contributed by atoms with E-state index in [4.69, 9.17) is 4.74 Å². The number of aryl methyl sites for hydroxylation is 2. The van der Waals surface area contributed by atoms with Crippen molar-refractivity contribution in [3.8, 4) is 5.75 Å². The number of rotatable bonds is 11. The largest absolute Gasteiger partial charge is 0.497 e. The van der Waals surface area contributed by atoms with Crippen LogP contribution in [0.25, 0.3) is 0 Å². The third-order valence-corrected chi connectivity index (χ3v) is 8.14. The first-order chi connectivity index (χ1) is 18.1. The van der Waals surface area contributed by atoms with Gasteiger partial charge in [-0.25, -0.2) is 8.42 Å². The van der Waals surface area contributed by atoms with E-state index in [2.05, 4.69) is 5.32 Å². The van der Waals surface area contributed by atoms with Gasteiger partial charge in [0.1, 0.15) is 18.3 Å². The number of methoxy groups -OCH3 is 1. The first-order valence-corrected chi connectivity index (χ1v) is 13.8. The number of hydrogen-bond acceptors (Lipinski definition) is 5. The maximum Gasteiger partial charge on any atom is 0.264 e. The Kier molecular flexibility index (Phi) is 9.52. The van der Waals surface area contributed by atoms with Crippen molar-refractivity contribution < 1.29 is 22.7 Å². The van der Waals surface area contributed by atoms with Crippen LogP contribution in [0.4, 0.5) is 5.69 Å². The van der Waals surface area contributed by atoms with Crippen LogP contribution in [0.2, 0.25) is 0 Å². The van der Waals surface area contributed by atoms with Crippen LogP contribution in [0.5, 0.6) is 5.75 Å². The van der Waals surface area contributed by atoms with Gasteiger partial charge in [0.2, 0.25) is 11.8 Å². The van der Waals surface area contributed by atoms with Gasteiger partial charge in [-0.1, -0.05) is 54.4 Å². The van der Waals surface area contributed by atoms with Crippen LogP contribution in [0.1, 0.15) is 30.0 Å². The fourth-order valence-electron chi connectivity index (χ4n) is 4.09. The van der Waals surface area contributed by atoms with Crippen LogP contribution >= 0.6 is 0 Å². The smallest absolute Gasteiger partial charge is 0.264 e. The summed E-state index contributed by atoms with van der Waals surface area (Å²) in [5.41, 5.74) is 3.21. The summed E-state index contributed by atoms with van der Waals surface area (Å²) >= 11 is 0. The first-order valence-electron chi connectivity index (χ1n) is 12.4. The zero-order valence-electron chi connectivity index (χ0n) is 22.5. The summed E-state index contributed by atoms with van der Waals surface area (Å²) in [6.45, 7) is 5.37. The summed E-state index contributed by atoms with van der Waals surface area (Å²) in [7, 11) is -1.11. The second kappa shape index (κ2) is 12.6. The number of sulfonamides is 1. The van der Waals surface area contributed by atoms with Crippen molar-refractivity contribution in [3.63, 3.8) is 0 Å². The zero-order valence-corrected chi connectivity index (χ0v) is 23.3. The van der Waals surface area contributed by atoms with Crippen molar-refractivity contribution in [2.75, 3.05) is 25.0 Å². The van der Waals surface area contributed by atoms with Gasteiger partial charge in [-0.15, -0.1) is 0 Å². The second-order valence-electron chi connectivity index (χ2n) is 9.07. The summed E-state index contributed by atoms with van der Waals surface area (Å²) in [6.07, 6.45) is 0.368. The molecule has 0 aliphatic heterocycles. The molecule has 0 saturated carbocycles. The van der Waals surface area contributed by atoms with E-state index in [1.54, 1.807) is 36.4 Å². The van der Waals surface area contributed by atoms with Gasteiger partial charge < -0.3 is 15.0 Å². The van der Waals surface area contributed by atoms with Gasteiger partial charge in [0, 0.05) is 13.6 Å². The average molecular weight is 538 g/mol. The number of benzene rings is 3. The van der Waals surface area contributed by atoms with E-state index in [-0.39, 0.29) is 17.3 Å². The quantitative estimate of drug-likeness (QED) is 0.398. The van der Waals surface area contributed by atoms with E-state index < -0.39 is 28.5 Å². The highest BCUT2D eigenvalue weighted by Gasteiger charge is 2.33. The molecule has 0 aliphatic rings. The molecule has 8 nitrogen and oxygen atoms in total. The molecule has 1 atom stereocenters. The fourth-order valence-corrected chi connectivity index (χ4v) is 5.51. The topological polar surface area (TPSA) is 96.0 Å². The minimum atomic E-state index is -4.13. The molecule has 3 aromatic rings. The normalized spacial score (nSPS) is 11.9. The highest BCUT2D eigenvalue weighted by Crippen LogP contribution is 2.26. The second-order valence-corrected chi connectivity index (χ2v) is 10.9. The molecule has 0 fully saturated rings. The molecular weight excluding hydrogens is 502 g/mol. The van der Waals surface area contributed by atoms with Gasteiger partial charge in [0.25, 0.3) is 10.0 Å². The summed E-state index contributed by atoms with van der Waals surface area (Å²) < 4.78 is 33.9. The van der Waals surface area contributed by atoms with Crippen molar-refractivity contribution in [1.29, 1.82) is 0 Å². The standard InChI is InChI=1S/C29H35N3O5S/c1-6-27(29(34)30-4)31(19-23-11-7-21(2)8-12-23)28(33)20-32(24-13-9-22(3)10-14-24)38(35,36)26-17-15-25(37-5)16-18-26/h7-18,27H,6,19-20H2,1-5H3,(H,30,34)/t27-/m0/s1. The van der Waals surface area contributed by atoms with Crippen molar-refractivity contribution in [3.05, 3.63) is 89.5 Å². The molecule has 38 heavy (non-hydrogen) atoms. The molecule has 0 heterocycles. The maximum atomic E-state index is 13.9. The lowest BCUT2D eigenvalue weighted by molar-refractivity contribution is -0.140. The highest BCUT2D eigenvalue weighted by atomic mass is 32.2. The van der Waals surface area contributed by atoms with E-state index >= 15 is 0 Å². The molecule has 9 heteroatoms. The van der Waals surface area contributed by atoms with Crippen molar-refractivity contribution in [2.45, 2.75) is 44.7 Å². The number of carbonyl (C=O) groups is 2. The van der Waals surface area contributed by atoms with Crippen LogP contribution in [-0.2, 0) is 26.2 Å². The van der Waals surface area contributed by atoms with E-state index in [0.717, 1.165) is 21.0 Å². The summed E-state index contributed by atoms with van der Waals surface area (Å²) in [5.74, 6) is -0.283. The summed E-state index contributed by atoms with van der Waals surface area (Å²) in [5, 5.41) is 2.63. The predicted molar refractivity (Wildman–Crippen MR) is 149 cm³/mol. The number of ether oxygens (including phenoxy) is 1. The Hall–Kier alpha value is -3.85. The van der Waals surface area contributed by atoms with Gasteiger partial charge in [0.05, 0.1) is 17.7 Å². The van der Waals surface area contributed by atoms with Gasteiger partial charge in [-0.3, -0.25) is 13.9 Å². The zero-order chi connectivity index (χ0) is 27.9. The Labute approximate surface area is 225 Å². The molecule has 0 spiro atoms. The number of carbonyl (C=O) groups excluding carboxylic acids is 2.